The zero-order valence-electron chi connectivity index (χ0n) is 9.20. The van der Waals surface area contributed by atoms with Gasteiger partial charge < -0.3 is 16.8 Å². The first-order valence-corrected chi connectivity index (χ1v) is 5.14. The molecule has 0 bridgehead atoms. The lowest BCUT2D eigenvalue weighted by Gasteiger charge is -2.08. The van der Waals surface area contributed by atoms with Crippen LogP contribution in [0.15, 0.2) is 42.5 Å². The van der Waals surface area contributed by atoms with E-state index in [-0.39, 0.29) is 0 Å². The van der Waals surface area contributed by atoms with Crippen molar-refractivity contribution in [3.05, 3.63) is 48.0 Å². The Morgan fingerprint density at radius 2 is 1.50 bits per heavy atom. The van der Waals surface area contributed by atoms with E-state index in [9.17, 15) is 0 Å². The summed E-state index contributed by atoms with van der Waals surface area (Å²) >= 11 is 0. The Labute approximate surface area is 95.1 Å². The predicted octanol–water partition coefficient (Wildman–Crippen LogP) is 2.90. The van der Waals surface area contributed by atoms with Crippen LogP contribution in [0.2, 0.25) is 0 Å². The summed E-state index contributed by atoms with van der Waals surface area (Å²) in [4.78, 5) is 0. The number of nitrogen functional groups attached to an aromatic ring is 2. The van der Waals surface area contributed by atoms with E-state index in [1.165, 1.54) is 0 Å². The minimum atomic E-state index is 0.758. The Morgan fingerprint density at radius 1 is 0.875 bits per heavy atom. The average Bonchev–Trinajstić information content (AvgIpc) is 2.27. The number of rotatable bonds is 2. The van der Waals surface area contributed by atoms with E-state index in [4.69, 9.17) is 11.5 Å². The van der Waals surface area contributed by atoms with Gasteiger partial charge in [0.2, 0.25) is 0 Å². The second-order valence-electron chi connectivity index (χ2n) is 3.82. The largest absolute Gasteiger partial charge is 0.399 e. The number of nitrogens with two attached hydrogens (primary N) is 2. The van der Waals surface area contributed by atoms with Crippen LogP contribution in [0.3, 0.4) is 0 Å². The molecule has 0 atom stereocenters. The van der Waals surface area contributed by atoms with Crippen molar-refractivity contribution >= 4 is 22.7 Å². The Morgan fingerprint density at radius 3 is 2.12 bits per heavy atom. The Hall–Kier alpha value is -2.16. The maximum absolute atomic E-state index is 5.84. The third kappa shape index (κ3) is 2.25. The maximum atomic E-state index is 5.84. The molecule has 16 heavy (non-hydrogen) atoms. The molecule has 0 saturated carbocycles. The lowest BCUT2D eigenvalue weighted by Crippen LogP contribution is -1.94. The predicted molar refractivity (Wildman–Crippen MR) is 69.7 cm³/mol. The molecule has 0 aromatic heterocycles. The molecule has 0 fully saturated rings. The van der Waals surface area contributed by atoms with E-state index in [0.29, 0.717) is 0 Å². The van der Waals surface area contributed by atoms with Crippen LogP contribution in [0.5, 0.6) is 0 Å². The van der Waals surface area contributed by atoms with Gasteiger partial charge in [0.25, 0.3) is 0 Å². The number of nitrogens with one attached hydrogen (secondary N) is 1. The van der Waals surface area contributed by atoms with E-state index < -0.39 is 0 Å². The summed E-state index contributed by atoms with van der Waals surface area (Å²) in [5, 5.41) is 3.26. The Balaban J connectivity index is 2.20. The van der Waals surface area contributed by atoms with Crippen LogP contribution < -0.4 is 16.8 Å². The zero-order valence-corrected chi connectivity index (χ0v) is 9.20. The van der Waals surface area contributed by atoms with Gasteiger partial charge in [0.05, 0.1) is 0 Å². The van der Waals surface area contributed by atoms with E-state index in [2.05, 4.69) is 5.32 Å². The number of hydrogen-bond donors (Lipinski definition) is 3. The molecule has 0 aliphatic heterocycles. The van der Waals surface area contributed by atoms with Gasteiger partial charge in [-0.15, -0.1) is 0 Å². The Bertz CT molecular complexity index is 489. The fourth-order valence-corrected chi connectivity index (χ4v) is 1.45. The van der Waals surface area contributed by atoms with Gasteiger partial charge in [-0.2, -0.15) is 0 Å². The van der Waals surface area contributed by atoms with E-state index in [0.717, 1.165) is 28.3 Å². The molecule has 0 saturated heterocycles. The quantitative estimate of drug-likeness (QED) is 0.672. The molecule has 0 spiro atoms. The molecule has 2 aromatic carbocycles. The van der Waals surface area contributed by atoms with Gasteiger partial charge in [-0.05, 0) is 48.9 Å². The smallest absolute Gasteiger partial charge is 0.0405 e. The molecule has 5 N–H and O–H groups in total. The standard InChI is InChI=1S/C13H15N3/c1-9-2-5-12(8-13(9)15)16-11-6-3-10(14)4-7-11/h2-8,16H,14-15H2,1H3. The van der Waals surface area contributed by atoms with Crippen molar-refractivity contribution < 1.29 is 0 Å². The van der Waals surface area contributed by atoms with E-state index in [1.54, 1.807) is 0 Å². The van der Waals surface area contributed by atoms with E-state index in [1.807, 2.05) is 49.4 Å². The maximum Gasteiger partial charge on any atom is 0.0405 e. The van der Waals surface area contributed by atoms with Crippen LogP contribution in [0.1, 0.15) is 5.56 Å². The number of hydrogen-bond acceptors (Lipinski definition) is 3. The van der Waals surface area contributed by atoms with Crippen LogP contribution in [0.4, 0.5) is 22.7 Å². The molecule has 2 rings (SSSR count). The number of anilines is 4. The fourth-order valence-electron chi connectivity index (χ4n) is 1.45. The Kier molecular flexibility index (Phi) is 2.68. The van der Waals surface area contributed by atoms with Crippen molar-refractivity contribution in [2.24, 2.45) is 0 Å². The summed E-state index contributed by atoms with van der Waals surface area (Å²) < 4.78 is 0. The molecular formula is C13H15N3. The summed E-state index contributed by atoms with van der Waals surface area (Å²) in [6, 6.07) is 13.5. The van der Waals surface area contributed by atoms with Crippen LogP contribution >= 0.6 is 0 Å². The number of benzene rings is 2. The van der Waals surface area contributed by atoms with Crippen molar-refractivity contribution in [1.82, 2.24) is 0 Å². The van der Waals surface area contributed by atoms with E-state index >= 15 is 0 Å². The molecule has 2 aromatic rings. The van der Waals surface area contributed by atoms with Crippen LogP contribution in [-0.4, -0.2) is 0 Å². The normalized spacial score (nSPS) is 10.1. The highest BCUT2D eigenvalue weighted by Gasteiger charge is 1.97. The van der Waals surface area contributed by atoms with Crippen molar-refractivity contribution in [3.8, 4) is 0 Å². The summed E-state index contributed by atoms with van der Waals surface area (Å²) in [6.07, 6.45) is 0. The third-order valence-corrected chi connectivity index (χ3v) is 2.48. The van der Waals surface area contributed by atoms with Gasteiger partial charge in [0.15, 0.2) is 0 Å². The summed E-state index contributed by atoms with van der Waals surface area (Å²) in [6.45, 7) is 1.99. The van der Waals surface area contributed by atoms with Gasteiger partial charge in [-0.25, -0.2) is 0 Å². The van der Waals surface area contributed by atoms with Crippen molar-refractivity contribution in [1.29, 1.82) is 0 Å². The van der Waals surface area contributed by atoms with Crippen molar-refractivity contribution in [2.45, 2.75) is 6.92 Å². The van der Waals surface area contributed by atoms with Gasteiger partial charge >= 0.3 is 0 Å². The third-order valence-electron chi connectivity index (χ3n) is 2.48. The molecular weight excluding hydrogens is 198 g/mol. The molecule has 82 valence electrons. The topological polar surface area (TPSA) is 64.1 Å². The van der Waals surface area contributed by atoms with Gasteiger partial charge in [0.1, 0.15) is 0 Å². The summed E-state index contributed by atoms with van der Waals surface area (Å²) in [5.41, 5.74) is 16.1. The SMILES string of the molecule is Cc1ccc(Nc2ccc(N)cc2)cc1N. The molecule has 0 radical (unpaired) electrons. The second-order valence-corrected chi connectivity index (χ2v) is 3.82. The molecule has 3 nitrogen and oxygen atoms in total. The summed E-state index contributed by atoms with van der Waals surface area (Å²) in [7, 11) is 0. The van der Waals surface area contributed by atoms with Crippen molar-refractivity contribution in [3.63, 3.8) is 0 Å². The fraction of sp³-hybridized carbons (Fsp3) is 0.0769. The average molecular weight is 213 g/mol. The highest BCUT2D eigenvalue weighted by Crippen LogP contribution is 2.21. The molecule has 0 amide bonds. The van der Waals surface area contributed by atoms with Crippen LogP contribution in [0, 0.1) is 6.92 Å². The van der Waals surface area contributed by atoms with Crippen LogP contribution in [0.25, 0.3) is 0 Å². The first kappa shape index (κ1) is 10.4. The van der Waals surface area contributed by atoms with Crippen molar-refractivity contribution in [2.75, 3.05) is 16.8 Å². The highest BCUT2D eigenvalue weighted by atomic mass is 14.9. The zero-order chi connectivity index (χ0) is 11.5. The van der Waals surface area contributed by atoms with Gasteiger partial charge in [-0.3, -0.25) is 0 Å². The monoisotopic (exact) mass is 213 g/mol. The molecule has 0 aliphatic rings. The lowest BCUT2D eigenvalue weighted by atomic mass is 10.2. The highest BCUT2D eigenvalue weighted by molar-refractivity contribution is 5.66. The van der Waals surface area contributed by atoms with Gasteiger partial charge in [0, 0.05) is 22.7 Å². The lowest BCUT2D eigenvalue weighted by molar-refractivity contribution is 1.45. The molecule has 0 heterocycles. The first-order chi connectivity index (χ1) is 7.65. The molecule has 0 unspecified atom stereocenters. The van der Waals surface area contributed by atoms with Crippen LogP contribution in [-0.2, 0) is 0 Å². The minimum absolute atomic E-state index is 0.758. The minimum Gasteiger partial charge on any atom is -0.399 e. The van der Waals surface area contributed by atoms with Gasteiger partial charge in [-0.1, -0.05) is 6.07 Å². The number of aryl methyl sites for hydroxylation is 1. The molecule has 3 heteroatoms. The molecule has 0 aliphatic carbocycles. The first-order valence-electron chi connectivity index (χ1n) is 5.14. The summed E-state index contributed by atoms with van der Waals surface area (Å²) in [5.74, 6) is 0. The second kappa shape index (κ2) is 4.14.